The molecule has 1 amide bonds. The predicted octanol–water partition coefficient (Wildman–Crippen LogP) is 2.31. The summed E-state index contributed by atoms with van der Waals surface area (Å²) in [7, 11) is 0. The van der Waals surface area contributed by atoms with Crippen molar-refractivity contribution >= 4 is 33.2 Å². The highest BCUT2D eigenvalue weighted by Gasteiger charge is 2.22. The number of carbonyl (C=O) groups is 1. The molecule has 1 aliphatic rings. The predicted molar refractivity (Wildman–Crippen MR) is 62.8 cm³/mol. The smallest absolute Gasteiger partial charge is 0.249 e. The van der Waals surface area contributed by atoms with Gasteiger partial charge in [0.1, 0.15) is 6.10 Å². The molecule has 0 aromatic carbocycles. The van der Waals surface area contributed by atoms with Crippen LogP contribution in [0.1, 0.15) is 17.7 Å². The van der Waals surface area contributed by atoms with Gasteiger partial charge in [-0.2, -0.15) is 0 Å². The molecule has 1 atom stereocenters. The monoisotopic (exact) mass is 289 g/mol. The molecule has 1 fully saturated rings. The highest BCUT2D eigenvalue weighted by Crippen LogP contribution is 2.22. The van der Waals surface area contributed by atoms with Crippen LogP contribution in [0.4, 0.5) is 0 Å². The Balaban J connectivity index is 1.80. The van der Waals surface area contributed by atoms with Crippen molar-refractivity contribution < 1.29 is 9.53 Å². The lowest BCUT2D eigenvalue weighted by Crippen LogP contribution is -2.33. The molecule has 0 aliphatic carbocycles. The van der Waals surface area contributed by atoms with Crippen molar-refractivity contribution in [3.8, 4) is 0 Å². The number of nitrogens with one attached hydrogen (secondary N) is 1. The summed E-state index contributed by atoms with van der Waals surface area (Å²) in [5.74, 6) is 0.0111. The van der Waals surface area contributed by atoms with E-state index in [2.05, 4.69) is 21.2 Å². The van der Waals surface area contributed by atoms with E-state index in [1.165, 1.54) is 0 Å². The summed E-state index contributed by atoms with van der Waals surface area (Å²) in [4.78, 5) is 12.7. The normalized spacial score (nSPS) is 20.5. The first kappa shape index (κ1) is 11.1. The second-order valence-electron chi connectivity index (χ2n) is 3.43. The van der Waals surface area contributed by atoms with Gasteiger partial charge in [-0.1, -0.05) is 0 Å². The van der Waals surface area contributed by atoms with E-state index in [0.29, 0.717) is 13.2 Å². The minimum absolute atomic E-state index is 0.0111. The molecule has 2 heterocycles. The van der Waals surface area contributed by atoms with E-state index in [-0.39, 0.29) is 12.0 Å². The summed E-state index contributed by atoms with van der Waals surface area (Å²) in [5.41, 5.74) is 0. The molecule has 0 radical (unpaired) electrons. The Labute approximate surface area is 101 Å². The standard InChI is InChI=1S/C10H12BrNO2S/c11-9-4-3-7(15-9)6-12-10(13)8-2-1-5-14-8/h3-4,8H,1-2,5-6H2,(H,12,13)/t8-/m0/s1. The minimum Gasteiger partial charge on any atom is -0.368 e. The van der Waals surface area contributed by atoms with Crippen LogP contribution in [0.25, 0.3) is 0 Å². The fourth-order valence-electron chi connectivity index (χ4n) is 1.52. The number of halogens is 1. The van der Waals surface area contributed by atoms with Crippen LogP contribution in [0.15, 0.2) is 15.9 Å². The van der Waals surface area contributed by atoms with E-state index in [9.17, 15) is 4.79 Å². The lowest BCUT2D eigenvalue weighted by atomic mass is 10.2. The zero-order chi connectivity index (χ0) is 10.7. The van der Waals surface area contributed by atoms with Crippen molar-refractivity contribution in [2.24, 2.45) is 0 Å². The van der Waals surface area contributed by atoms with Gasteiger partial charge in [-0.25, -0.2) is 0 Å². The molecule has 3 nitrogen and oxygen atoms in total. The minimum atomic E-state index is -0.228. The van der Waals surface area contributed by atoms with Crippen molar-refractivity contribution in [1.82, 2.24) is 5.32 Å². The summed E-state index contributed by atoms with van der Waals surface area (Å²) in [6, 6.07) is 3.99. The number of ether oxygens (including phenoxy) is 1. The molecule has 15 heavy (non-hydrogen) atoms. The lowest BCUT2D eigenvalue weighted by molar-refractivity contribution is -0.130. The van der Waals surface area contributed by atoms with Crippen molar-refractivity contribution in [3.63, 3.8) is 0 Å². The molecule has 0 saturated carbocycles. The molecule has 0 spiro atoms. The van der Waals surface area contributed by atoms with Crippen molar-refractivity contribution in [3.05, 3.63) is 20.8 Å². The molecule has 1 aromatic rings. The Hall–Kier alpha value is -0.390. The number of hydrogen-bond acceptors (Lipinski definition) is 3. The molecule has 1 aromatic heterocycles. The van der Waals surface area contributed by atoms with Crippen LogP contribution in [0.2, 0.25) is 0 Å². The molecule has 2 rings (SSSR count). The zero-order valence-corrected chi connectivity index (χ0v) is 10.6. The van der Waals surface area contributed by atoms with E-state index < -0.39 is 0 Å². The Morgan fingerprint density at radius 2 is 2.53 bits per heavy atom. The van der Waals surface area contributed by atoms with Gasteiger partial charge in [-0.15, -0.1) is 11.3 Å². The van der Waals surface area contributed by atoms with Gasteiger partial charge < -0.3 is 10.1 Å². The fraction of sp³-hybridized carbons (Fsp3) is 0.500. The first-order chi connectivity index (χ1) is 7.25. The van der Waals surface area contributed by atoms with E-state index in [1.54, 1.807) is 11.3 Å². The third kappa shape index (κ3) is 3.03. The molecule has 1 saturated heterocycles. The Kier molecular flexibility index (Phi) is 3.77. The van der Waals surface area contributed by atoms with Gasteiger partial charge in [0.15, 0.2) is 0 Å². The summed E-state index contributed by atoms with van der Waals surface area (Å²) in [6.45, 7) is 1.30. The van der Waals surface area contributed by atoms with Crippen LogP contribution < -0.4 is 5.32 Å². The van der Waals surface area contributed by atoms with Gasteiger partial charge in [0.05, 0.1) is 10.3 Å². The molecule has 0 unspecified atom stereocenters. The SMILES string of the molecule is O=C(NCc1ccc(Br)s1)[C@@H]1CCCO1. The van der Waals surface area contributed by atoms with E-state index in [4.69, 9.17) is 4.74 Å². The highest BCUT2D eigenvalue weighted by atomic mass is 79.9. The molecule has 82 valence electrons. The summed E-state index contributed by atoms with van der Waals surface area (Å²) in [6.07, 6.45) is 1.61. The van der Waals surface area contributed by atoms with Gasteiger partial charge in [-0.05, 0) is 40.9 Å². The van der Waals surface area contributed by atoms with Crippen LogP contribution in [-0.4, -0.2) is 18.6 Å². The second-order valence-corrected chi connectivity index (χ2v) is 5.97. The average molecular weight is 290 g/mol. The summed E-state index contributed by atoms with van der Waals surface area (Å²) >= 11 is 5.02. The maximum absolute atomic E-state index is 11.6. The second kappa shape index (κ2) is 5.09. The first-order valence-corrected chi connectivity index (χ1v) is 6.50. The van der Waals surface area contributed by atoms with Gasteiger partial charge in [0.25, 0.3) is 0 Å². The van der Waals surface area contributed by atoms with Crippen LogP contribution in [0, 0.1) is 0 Å². The Bertz CT molecular complexity index is 347. The first-order valence-electron chi connectivity index (χ1n) is 4.89. The molecular weight excluding hydrogens is 278 g/mol. The molecule has 1 aliphatic heterocycles. The van der Waals surface area contributed by atoms with Crippen LogP contribution in [0.5, 0.6) is 0 Å². The third-order valence-corrected chi connectivity index (χ3v) is 3.91. The number of carbonyl (C=O) groups excluding carboxylic acids is 1. The summed E-state index contributed by atoms with van der Waals surface area (Å²) in [5, 5.41) is 2.88. The van der Waals surface area contributed by atoms with Gasteiger partial charge in [0.2, 0.25) is 5.91 Å². The summed E-state index contributed by atoms with van der Waals surface area (Å²) < 4.78 is 6.38. The van der Waals surface area contributed by atoms with E-state index in [0.717, 1.165) is 21.5 Å². The fourth-order valence-corrected chi connectivity index (χ4v) is 2.94. The van der Waals surface area contributed by atoms with Crippen molar-refractivity contribution in [1.29, 1.82) is 0 Å². The van der Waals surface area contributed by atoms with Gasteiger partial charge in [0, 0.05) is 11.5 Å². The molecular formula is C10H12BrNO2S. The van der Waals surface area contributed by atoms with E-state index >= 15 is 0 Å². The Morgan fingerprint density at radius 3 is 3.13 bits per heavy atom. The van der Waals surface area contributed by atoms with Crippen LogP contribution >= 0.6 is 27.3 Å². The maximum Gasteiger partial charge on any atom is 0.249 e. The maximum atomic E-state index is 11.6. The molecule has 1 N–H and O–H groups in total. The van der Waals surface area contributed by atoms with Crippen molar-refractivity contribution in [2.45, 2.75) is 25.5 Å². The molecule has 5 heteroatoms. The topological polar surface area (TPSA) is 38.3 Å². The largest absolute Gasteiger partial charge is 0.368 e. The average Bonchev–Trinajstić information content (AvgIpc) is 2.84. The zero-order valence-electron chi connectivity index (χ0n) is 8.16. The van der Waals surface area contributed by atoms with Gasteiger partial charge in [-0.3, -0.25) is 4.79 Å². The lowest BCUT2D eigenvalue weighted by Gasteiger charge is -2.09. The highest BCUT2D eigenvalue weighted by molar-refractivity contribution is 9.11. The van der Waals surface area contributed by atoms with Crippen molar-refractivity contribution in [2.75, 3.05) is 6.61 Å². The quantitative estimate of drug-likeness (QED) is 0.927. The Morgan fingerprint density at radius 1 is 1.67 bits per heavy atom. The van der Waals surface area contributed by atoms with E-state index in [1.807, 2.05) is 12.1 Å². The van der Waals surface area contributed by atoms with Crippen LogP contribution in [-0.2, 0) is 16.1 Å². The van der Waals surface area contributed by atoms with Crippen LogP contribution in [0.3, 0.4) is 0 Å². The molecule has 0 bridgehead atoms. The number of amides is 1. The number of rotatable bonds is 3. The number of thiophene rings is 1. The van der Waals surface area contributed by atoms with Gasteiger partial charge >= 0.3 is 0 Å². The third-order valence-electron chi connectivity index (χ3n) is 2.29. The number of hydrogen-bond donors (Lipinski definition) is 1.